The van der Waals surface area contributed by atoms with Gasteiger partial charge >= 0.3 is 0 Å². The van der Waals surface area contributed by atoms with E-state index in [1.54, 1.807) is 4.90 Å². The predicted octanol–water partition coefficient (Wildman–Crippen LogP) is 3.96. The highest BCUT2D eigenvalue weighted by molar-refractivity contribution is 6.30. The minimum atomic E-state index is 0.175. The summed E-state index contributed by atoms with van der Waals surface area (Å²) in [5.41, 5.74) is 2.54. The van der Waals surface area contributed by atoms with Gasteiger partial charge in [-0.1, -0.05) is 67.4 Å². The Labute approximate surface area is 174 Å². The number of piperidine rings is 1. The summed E-state index contributed by atoms with van der Waals surface area (Å²) in [4.78, 5) is 16.9. The van der Waals surface area contributed by atoms with Crippen LogP contribution in [0.4, 0.5) is 0 Å². The second-order valence-electron chi connectivity index (χ2n) is 7.93. The van der Waals surface area contributed by atoms with E-state index in [1.165, 1.54) is 11.1 Å². The first kappa shape index (κ1) is 20.9. The van der Waals surface area contributed by atoms with Crippen molar-refractivity contribution in [2.24, 2.45) is 5.92 Å². The fourth-order valence-electron chi connectivity index (χ4n) is 4.02. The molecule has 28 heavy (non-hydrogen) atoms. The van der Waals surface area contributed by atoms with E-state index in [0.717, 1.165) is 63.4 Å². The van der Waals surface area contributed by atoms with Crippen LogP contribution in [0.15, 0.2) is 54.6 Å². The summed E-state index contributed by atoms with van der Waals surface area (Å²) in [6.45, 7) is 6.92. The smallest absolute Gasteiger partial charge is 0.226 e. The number of carbonyl (C=O) groups excluding carboxylic acids is 1. The molecule has 0 aromatic heterocycles. The van der Waals surface area contributed by atoms with Crippen LogP contribution >= 0.6 is 11.6 Å². The largest absolute Gasteiger partial charge is 0.338 e. The van der Waals surface area contributed by atoms with Crippen LogP contribution in [0, 0.1) is 5.92 Å². The maximum atomic E-state index is 13.2. The number of carbonyl (C=O) groups is 1. The van der Waals surface area contributed by atoms with Gasteiger partial charge in [-0.3, -0.25) is 4.79 Å². The third-order valence-corrected chi connectivity index (χ3v) is 5.97. The van der Waals surface area contributed by atoms with Crippen LogP contribution in [0.5, 0.6) is 0 Å². The summed E-state index contributed by atoms with van der Waals surface area (Å²) < 4.78 is 0. The molecule has 0 saturated carbocycles. The van der Waals surface area contributed by atoms with Crippen LogP contribution in [-0.2, 0) is 17.9 Å². The average Bonchev–Trinajstić information content (AvgIpc) is 2.73. The van der Waals surface area contributed by atoms with Gasteiger partial charge in [0.15, 0.2) is 0 Å². The molecule has 1 N–H and O–H groups in total. The number of nitrogens with one attached hydrogen (secondary N) is 1. The minimum Gasteiger partial charge on any atom is -0.338 e. The van der Waals surface area contributed by atoms with Crippen molar-refractivity contribution in [3.8, 4) is 0 Å². The lowest BCUT2D eigenvalue weighted by atomic mass is 9.94. The highest BCUT2D eigenvalue weighted by Gasteiger charge is 2.30. The lowest BCUT2D eigenvalue weighted by Gasteiger charge is -2.32. The number of halogens is 1. The Morgan fingerprint density at radius 2 is 1.71 bits per heavy atom. The second-order valence-corrected chi connectivity index (χ2v) is 8.36. The molecule has 1 aliphatic heterocycles. The molecule has 0 atom stereocenters. The predicted molar refractivity (Wildman–Crippen MR) is 115 cm³/mol. The molecule has 1 saturated heterocycles. The quantitative estimate of drug-likeness (QED) is 0.713. The van der Waals surface area contributed by atoms with Gasteiger partial charge < -0.3 is 9.80 Å². The molecule has 0 aliphatic carbocycles. The molecule has 2 aromatic rings. The molecule has 0 bridgehead atoms. The third-order valence-electron chi connectivity index (χ3n) is 5.72. The lowest BCUT2D eigenvalue weighted by molar-refractivity contribution is -0.919. The molecule has 0 spiro atoms. The van der Waals surface area contributed by atoms with Crippen LogP contribution in [0.1, 0.15) is 43.7 Å². The van der Waals surface area contributed by atoms with Crippen molar-refractivity contribution in [2.45, 2.75) is 45.7 Å². The first-order chi connectivity index (χ1) is 13.7. The van der Waals surface area contributed by atoms with Crippen molar-refractivity contribution in [1.82, 2.24) is 4.90 Å². The summed E-state index contributed by atoms with van der Waals surface area (Å²) in [5, 5.41) is 0.786. The molecular weight excluding hydrogens is 368 g/mol. The van der Waals surface area contributed by atoms with Gasteiger partial charge in [-0.25, -0.2) is 0 Å². The molecular formula is C24H32ClN2O+. The highest BCUT2D eigenvalue weighted by atomic mass is 35.5. The number of amides is 1. The fraction of sp³-hybridized carbons (Fsp3) is 0.458. The average molecular weight is 400 g/mol. The van der Waals surface area contributed by atoms with Crippen molar-refractivity contribution >= 4 is 17.5 Å². The van der Waals surface area contributed by atoms with Crippen molar-refractivity contribution in [1.29, 1.82) is 0 Å². The number of hydrogen-bond donors (Lipinski definition) is 1. The number of nitrogens with zero attached hydrogens (tertiary/aromatic N) is 1. The number of likely N-dealkylation sites (tertiary alicyclic amines) is 1. The summed E-state index contributed by atoms with van der Waals surface area (Å²) in [6, 6.07) is 18.5. The Hall–Kier alpha value is -1.84. The van der Waals surface area contributed by atoms with Gasteiger partial charge in [-0.05, 0) is 24.1 Å². The van der Waals surface area contributed by atoms with Crippen molar-refractivity contribution in [2.75, 3.05) is 19.6 Å². The van der Waals surface area contributed by atoms with Gasteiger partial charge in [0.2, 0.25) is 5.91 Å². The van der Waals surface area contributed by atoms with Gasteiger partial charge in [-0.15, -0.1) is 0 Å². The minimum absolute atomic E-state index is 0.175. The summed E-state index contributed by atoms with van der Waals surface area (Å²) in [6.07, 6.45) is 4.15. The van der Waals surface area contributed by atoms with Crippen LogP contribution in [-0.4, -0.2) is 30.4 Å². The summed E-state index contributed by atoms with van der Waals surface area (Å²) in [7, 11) is 0. The van der Waals surface area contributed by atoms with Crippen molar-refractivity contribution < 1.29 is 9.69 Å². The van der Waals surface area contributed by atoms with Gasteiger partial charge in [0, 0.05) is 42.4 Å². The Bertz CT molecular complexity index is 724. The first-order valence-electron chi connectivity index (χ1n) is 10.6. The Balaban J connectivity index is 1.54. The van der Waals surface area contributed by atoms with Crippen molar-refractivity contribution in [3.63, 3.8) is 0 Å². The molecule has 3 rings (SSSR count). The topological polar surface area (TPSA) is 24.8 Å². The number of hydrogen-bond acceptors (Lipinski definition) is 1. The molecule has 150 valence electrons. The maximum absolute atomic E-state index is 13.2. The van der Waals surface area contributed by atoms with Gasteiger partial charge in [0.05, 0.1) is 13.1 Å². The first-order valence-corrected chi connectivity index (χ1v) is 10.9. The summed E-state index contributed by atoms with van der Waals surface area (Å²) >= 11 is 5.98. The highest BCUT2D eigenvalue weighted by Crippen LogP contribution is 2.17. The Morgan fingerprint density at radius 1 is 1.04 bits per heavy atom. The number of quaternary nitrogens is 1. The van der Waals surface area contributed by atoms with E-state index in [1.807, 2.05) is 18.2 Å². The van der Waals surface area contributed by atoms with Crippen LogP contribution < -0.4 is 4.90 Å². The molecule has 4 heteroatoms. The van der Waals surface area contributed by atoms with Gasteiger partial charge in [0.1, 0.15) is 6.54 Å². The Kier molecular flexibility index (Phi) is 7.93. The molecule has 0 unspecified atom stereocenters. The van der Waals surface area contributed by atoms with E-state index in [4.69, 9.17) is 11.6 Å². The molecule has 1 amide bonds. The molecule has 1 aliphatic rings. The number of benzene rings is 2. The second kappa shape index (κ2) is 10.6. The maximum Gasteiger partial charge on any atom is 0.226 e. The normalized spacial score (nSPS) is 19.4. The third kappa shape index (κ3) is 6.08. The van der Waals surface area contributed by atoms with Gasteiger partial charge in [-0.2, -0.15) is 0 Å². The van der Waals surface area contributed by atoms with E-state index in [9.17, 15) is 4.79 Å². The van der Waals surface area contributed by atoms with Crippen LogP contribution in [0.2, 0.25) is 5.02 Å². The van der Waals surface area contributed by atoms with E-state index >= 15 is 0 Å². The fourth-order valence-corrected chi connectivity index (χ4v) is 4.14. The molecule has 1 heterocycles. The van der Waals surface area contributed by atoms with Crippen molar-refractivity contribution in [3.05, 3.63) is 70.7 Å². The zero-order chi connectivity index (χ0) is 19.8. The molecule has 0 radical (unpaired) electrons. The zero-order valence-electron chi connectivity index (χ0n) is 16.9. The van der Waals surface area contributed by atoms with E-state index < -0.39 is 0 Å². The van der Waals surface area contributed by atoms with E-state index in [2.05, 4.69) is 48.2 Å². The monoisotopic (exact) mass is 399 g/mol. The Morgan fingerprint density at radius 3 is 2.36 bits per heavy atom. The summed E-state index contributed by atoms with van der Waals surface area (Å²) in [5.74, 6) is 0.525. The molecule has 2 aromatic carbocycles. The molecule has 1 fully saturated rings. The zero-order valence-corrected chi connectivity index (χ0v) is 17.6. The number of rotatable bonds is 8. The standard InChI is InChI=1S/C24H31ClN2O/c1-2-3-15-27(19-20-7-5-4-6-8-20)24(28)22-13-16-26(17-14-22)18-21-9-11-23(25)12-10-21/h4-12,22H,2-3,13-19H2,1H3/p+1. The SMILES string of the molecule is CCCCN(Cc1ccccc1)C(=O)C1CC[NH+](Cc2ccc(Cl)cc2)CC1. The van der Waals surface area contributed by atoms with E-state index in [0.29, 0.717) is 5.91 Å². The van der Waals surface area contributed by atoms with E-state index in [-0.39, 0.29) is 5.92 Å². The lowest BCUT2D eigenvalue weighted by Crippen LogP contribution is -3.11. The van der Waals surface area contributed by atoms with Crippen LogP contribution in [0.25, 0.3) is 0 Å². The van der Waals surface area contributed by atoms with Crippen LogP contribution in [0.3, 0.4) is 0 Å². The van der Waals surface area contributed by atoms with Gasteiger partial charge in [0.25, 0.3) is 0 Å². The molecule has 3 nitrogen and oxygen atoms in total. The number of unbranched alkanes of at least 4 members (excludes halogenated alkanes) is 1.